The second kappa shape index (κ2) is 4.30. The Morgan fingerprint density at radius 2 is 1.94 bits per heavy atom. The summed E-state index contributed by atoms with van der Waals surface area (Å²) in [6, 6.07) is 4.72. The average Bonchev–Trinajstić information content (AvgIpc) is 2.27. The first-order valence-electron chi connectivity index (χ1n) is 5.66. The number of hydrogen-bond donors (Lipinski definition) is 1. The Hall–Kier alpha value is -0.670. The van der Waals surface area contributed by atoms with Crippen LogP contribution in [0.1, 0.15) is 18.1 Å². The van der Waals surface area contributed by atoms with Crippen LogP contribution in [-0.4, -0.2) is 30.1 Å². The predicted octanol–water partition coefficient (Wildman–Crippen LogP) is 2.59. The number of fused-ring (bicyclic) bond motifs is 1. The van der Waals surface area contributed by atoms with Gasteiger partial charge in [-0.2, -0.15) is 0 Å². The Bertz CT molecular complexity index is 405. The molecule has 0 saturated heterocycles. The highest BCUT2D eigenvalue weighted by atomic mass is 32.2. The van der Waals surface area contributed by atoms with Crippen LogP contribution in [0.5, 0.6) is 0 Å². The number of anilines is 1. The third-order valence-electron chi connectivity index (χ3n) is 3.48. The van der Waals surface area contributed by atoms with Crippen LogP contribution in [0.15, 0.2) is 17.0 Å². The summed E-state index contributed by atoms with van der Waals surface area (Å²) in [7, 11) is 2.12. The summed E-state index contributed by atoms with van der Waals surface area (Å²) in [5.41, 5.74) is 3.96. The number of aliphatic hydroxyl groups excluding tert-OH is 1. The van der Waals surface area contributed by atoms with Gasteiger partial charge in [0.25, 0.3) is 0 Å². The molecule has 2 unspecified atom stereocenters. The van der Waals surface area contributed by atoms with Gasteiger partial charge in [-0.25, -0.2) is 0 Å². The molecule has 1 aliphatic heterocycles. The maximum atomic E-state index is 9.42. The molecule has 16 heavy (non-hydrogen) atoms. The summed E-state index contributed by atoms with van der Waals surface area (Å²) in [5.74, 6) is 0. The van der Waals surface area contributed by atoms with Crippen molar-refractivity contribution in [2.75, 3.05) is 18.6 Å². The predicted molar refractivity (Wildman–Crippen MR) is 70.5 cm³/mol. The Morgan fingerprint density at radius 1 is 1.31 bits per heavy atom. The van der Waals surface area contributed by atoms with Crippen LogP contribution >= 0.6 is 11.8 Å². The summed E-state index contributed by atoms with van der Waals surface area (Å²) < 4.78 is 0. The van der Waals surface area contributed by atoms with Crippen molar-refractivity contribution in [1.29, 1.82) is 0 Å². The van der Waals surface area contributed by atoms with E-state index in [9.17, 15) is 5.11 Å². The number of thioether (sulfide) groups is 1. The van der Waals surface area contributed by atoms with Crippen molar-refractivity contribution >= 4 is 17.4 Å². The Morgan fingerprint density at radius 3 is 2.56 bits per heavy atom. The first kappa shape index (κ1) is 11.8. The fraction of sp³-hybridized carbons (Fsp3) is 0.538. The van der Waals surface area contributed by atoms with Gasteiger partial charge < -0.3 is 10.0 Å². The zero-order valence-electron chi connectivity index (χ0n) is 10.3. The molecule has 0 radical (unpaired) electrons. The van der Waals surface area contributed by atoms with Gasteiger partial charge in [0.15, 0.2) is 0 Å². The van der Waals surface area contributed by atoms with Crippen molar-refractivity contribution in [2.24, 2.45) is 0 Å². The van der Waals surface area contributed by atoms with Crippen LogP contribution in [0.3, 0.4) is 0 Å². The summed E-state index contributed by atoms with van der Waals surface area (Å²) in [6.07, 6.45) is 0. The average molecular weight is 237 g/mol. The Balaban J connectivity index is 2.53. The molecule has 0 aliphatic carbocycles. The highest BCUT2D eigenvalue weighted by molar-refractivity contribution is 8.00. The number of benzene rings is 1. The van der Waals surface area contributed by atoms with Crippen LogP contribution in [0.4, 0.5) is 5.69 Å². The van der Waals surface area contributed by atoms with Crippen LogP contribution in [0.25, 0.3) is 0 Å². The van der Waals surface area contributed by atoms with E-state index in [1.165, 1.54) is 21.7 Å². The van der Waals surface area contributed by atoms with Crippen molar-refractivity contribution in [2.45, 2.75) is 37.0 Å². The van der Waals surface area contributed by atoms with Crippen molar-refractivity contribution in [3.8, 4) is 0 Å². The topological polar surface area (TPSA) is 23.5 Å². The lowest BCUT2D eigenvalue weighted by Gasteiger charge is -2.40. The van der Waals surface area contributed by atoms with E-state index < -0.39 is 0 Å². The van der Waals surface area contributed by atoms with Crippen molar-refractivity contribution in [3.63, 3.8) is 0 Å². The molecule has 0 aromatic heterocycles. The van der Waals surface area contributed by atoms with Gasteiger partial charge >= 0.3 is 0 Å². The van der Waals surface area contributed by atoms with Gasteiger partial charge in [0, 0.05) is 18.0 Å². The lowest BCUT2D eigenvalue weighted by atomic mass is 10.1. The smallest absolute Gasteiger partial charge is 0.0573 e. The Labute approximate surface area is 102 Å². The fourth-order valence-corrected chi connectivity index (χ4v) is 3.68. The molecule has 0 bridgehead atoms. The molecular weight excluding hydrogens is 218 g/mol. The van der Waals surface area contributed by atoms with Crippen LogP contribution in [-0.2, 0) is 0 Å². The van der Waals surface area contributed by atoms with E-state index in [-0.39, 0.29) is 11.9 Å². The number of rotatable bonds is 1. The molecule has 0 amide bonds. The van der Waals surface area contributed by atoms with Crippen molar-refractivity contribution in [3.05, 3.63) is 23.3 Å². The van der Waals surface area contributed by atoms with E-state index in [4.69, 9.17) is 0 Å². The van der Waals surface area contributed by atoms with Gasteiger partial charge in [0.05, 0.1) is 17.5 Å². The number of aryl methyl sites for hydroxylation is 2. The van der Waals surface area contributed by atoms with Gasteiger partial charge in [-0.1, -0.05) is 12.1 Å². The molecule has 0 saturated carbocycles. The maximum Gasteiger partial charge on any atom is 0.0573 e. The molecule has 3 heteroatoms. The second-order valence-electron chi connectivity index (χ2n) is 4.57. The van der Waals surface area contributed by atoms with Crippen LogP contribution in [0, 0.1) is 13.8 Å². The van der Waals surface area contributed by atoms with E-state index in [0.717, 1.165) is 0 Å². The van der Waals surface area contributed by atoms with E-state index in [1.807, 2.05) is 11.8 Å². The zero-order chi connectivity index (χ0) is 11.9. The third-order valence-corrected chi connectivity index (χ3v) is 5.08. The molecule has 2 atom stereocenters. The van der Waals surface area contributed by atoms with Gasteiger partial charge in [-0.15, -0.1) is 11.8 Å². The fourth-order valence-electron chi connectivity index (χ4n) is 2.25. The summed E-state index contributed by atoms with van der Waals surface area (Å²) in [6.45, 7) is 6.71. The molecule has 1 aliphatic rings. The highest BCUT2D eigenvalue weighted by Crippen LogP contribution is 2.44. The van der Waals surface area contributed by atoms with Crippen molar-refractivity contribution < 1.29 is 5.11 Å². The number of hydrogen-bond acceptors (Lipinski definition) is 3. The minimum Gasteiger partial charge on any atom is -0.395 e. The van der Waals surface area contributed by atoms with E-state index in [1.54, 1.807) is 0 Å². The quantitative estimate of drug-likeness (QED) is 0.812. The minimum absolute atomic E-state index is 0.239. The monoisotopic (exact) mass is 237 g/mol. The first-order valence-corrected chi connectivity index (χ1v) is 6.54. The van der Waals surface area contributed by atoms with Crippen molar-refractivity contribution in [1.82, 2.24) is 0 Å². The van der Waals surface area contributed by atoms with E-state index in [2.05, 4.69) is 44.9 Å². The standard InChI is InChI=1S/C13H19NOS/c1-8-5-6-9(2)13-12(8)14(4)10(3)11(7-15)16-13/h5-6,10-11,15H,7H2,1-4H3. The lowest BCUT2D eigenvalue weighted by molar-refractivity contribution is 0.282. The molecule has 1 aromatic rings. The largest absolute Gasteiger partial charge is 0.395 e. The van der Waals surface area contributed by atoms with Gasteiger partial charge in [-0.3, -0.25) is 0 Å². The van der Waals surface area contributed by atoms with E-state index in [0.29, 0.717) is 6.04 Å². The molecule has 2 rings (SSSR count). The minimum atomic E-state index is 0.239. The highest BCUT2D eigenvalue weighted by Gasteiger charge is 2.31. The molecule has 1 aromatic carbocycles. The summed E-state index contributed by atoms with van der Waals surface area (Å²) in [5, 5.41) is 9.69. The molecule has 0 fully saturated rings. The molecule has 88 valence electrons. The zero-order valence-corrected chi connectivity index (χ0v) is 11.1. The normalized spacial score (nSPS) is 24.4. The number of nitrogens with zero attached hydrogens (tertiary/aromatic N) is 1. The lowest BCUT2D eigenvalue weighted by Crippen LogP contribution is -2.42. The van der Waals surface area contributed by atoms with Crippen LogP contribution in [0.2, 0.25) is 0 Å². The van der Waals surface area contributed by atoms with Gasteiger partial charge in [0.2, 0.25) is 0 Å². The molecule has 2 nitrogen and oxygen atoms in total. The Kier molecular flexibility index (Phi) is 3.17. The summed E-state index contributed by atoms with van der Waals surface area (Å²) >= 11 is 1.82. The van der Waals surface area contributed by atoms with E-state index >= 15 is 0 Å². The SMILES string of the molecule is Cc1ccc(C)c2c1SC(CO)C(C)N2C. The second-order valence-corrected chi connectivity index (χ2v) is 5.82. The third kappa shape index (κ3) is 1.72. The molecular formula is C13H19NOS. The van der Waals surface area contributed by atoms with Gasteiger partial charge in [-0.05, 0) is 31.9 Å². The molecule has 1 N–H and O–H groups in total. The number of aliphatic hydroxyl groups is 1. The molecule has 1 heterocycles. The first-order chi connectivity index (χ1) is 7.56. The van der Waals surface area contributed by atoms with Gasteiger partial charge in [0.1, 0.15) is 0 Å². The maximum absolute atomic E-state index is 9.42. The van der Waals surface area contributed by atoms with Crippen LogP contribution < -0.4 is 4.90 Å². The summed E-state index contributed by atoms with van der Waals surface area (Å²) in [4.78, 5) is 3.63. The molecule has 0 spiro atoms.